The number of isothiocyanates is 1. The molecule has 4 aromatic carbocycles. The van der Waals surface area contributed by atoms with Crippen LogP contribution >= 0.6 is 12.2 Å². The topological polar surface area (TPSA) is 169 Å². The van der Waals surface area contributed by atoms with Gasteiger partial charge in [-0.3, -0.25) is 10.4 Å². The maximum Gasteiger partial charge on any atom is 0.126 e. The van der Waals surface area contributed by atoms with E-state index in [1.807, 2.05) is 48.5 Å². The number of nitrogens with zero attached hydrogens (tertiary/aromatic N) is 6. The predicted molar refractivity (Wildman–Crippen MR) is 314 cm³/mol. The van der Waals surface area contributed by atoms with Gasteiger partial charge < -0.3 is 57.0 Å². The van der Waals surface area contributed by atoms with Crippen molar-refractivity contribution in [1.29, 1.82) is 0 Å². The highest BCUT2D eigenvalue weighted by Gasteiger charge is 2.38. The molecule has 1 aliphatic carbocycles. The summed E-state index contributed by atoms with van der Waals surface area (Å²) in [5.74, 6) is 4.32. The van der Waals surface area contributed by atoms with Crippen molar-refractivity contribution in [3.8, 4) is 23.8 Å². The number of fused-ring (bicyclic) bond motifs is 6. The maximum atomic E-state index is 6.40. The smallest absolute Gasteiger partial charge is 0.126 e. The van der Waals surface area contributed by atoms with Crippen molar-refractivity contribution < 1.29 is 52.1 Å². The number of hydrogen-bond donors (Lipinski definition) is 1. The third kappa shape index (κ3) is 19.2. The molecule has 1 N–H and O–H groups in total. The molecule has 81 heavy (non-hydrogen) atoms. The normalized spacial score (nSPS) is 18.8. The van der Waals surface area contributed by atoms with Gasteiger partial charge in [-0.1, -0.05) is 53.6 Å². The number of anilines is 1. The molecule has 0 bridgehead atoms. The zero-order valence-corrected chi connectivity index (χ0v) is 47.8. The highest BCUT2D eigenvalue weighted by Crippen LogP contribution is 2.47. The molecule has 8 rings (SSSR count). The number of thiocarbonyl (C=S) groups is 1. The Bertz CT molecular complexity index is 2700. The Labute approximate surface area is 483 Å². The van der Waals surface area contributed by atoms with Crippen LogP contribution in [0.2, 0.25) is 0 Å². The fourth-order valence-corrected chi connectivity index (χ4v) is 10.5. The molecule has 19 heteroatoms. The molecular formula is C62H79N7O11S. The fourth-order valence-electron chi connectivity index (χ4n) is 10.4. The van der Waals surface area contributed by atoms with Crippen LogP contribution in [0, 0.1) is 18.3 Å². The number of ether oxygens (including phenoxy) is 11. The Hall–Kier alpha value is -6.11. The van der Waals surface area contributed by atoms with E-state index in [9.17, 15) is 0 Å². The molecule has 0 saturated heterocycles. The number of benzene rings is 4. The van der Waals surface area contributed by atoms with Gasteiger partial charge in [0.1, 0.15) is 42.9 Å². The van der Waals surface area contributed by atoms with E-state index in [1.54, 1.807) is 0 Å². The Balaban J connectivity index is 0.671. The van der Waals surface area contributed by atoms with Crippen LogP contribution in [-0.2, 0) is 49.2 Å². The second kappa shape index (κ2) is 34.4. The van der Waals surface area contributed by atoms with E-state index < -0.39 is 0 Å². The van der Waals surface area contributed by atoms with Crippen LogP contribution < -0.4 is 19.8 Å². The molecule has 5 atom stereocenters. The lowest BCUT2D eigenvalue weighted by Gasteiger charge is -2.35. The summed E-state index contributed by atoms with van der Waals surface area (Å²) in [4.78, 5) is 6.42. The van der Waals surface area contributed by atoms with E-state index in [0.717, 1.165) is 85.0 Å². The third-order valence-corrected chi connectivity index (χ3v) is 14.5. The molecule has 3 aliphatic heterocycles. The van der Waals surface area contributed by atoms with Crippen molar-refractivity contribution >= 4 is 34.5 Å². The zero-order valence-electron chi connectivity index (χ0n) is 47.0. The van der Waals surface area contributed by atoms with Crippen LogP contribution in [0.15, 0.2) is 129 Å². The summed E-state index contributed by atoms with van der Waals surface area (Å²) in [5, 5.41) is 18.4. The van der Waals surface area contributed by atoms with Gasteiger partial charge in [-0.05, 0) is 128 Å². The number of aliphatic imine (C=N–C) groups is 1. The quantitative estimate of drug-likeness (QED) is 0.0200. The minimum absolute atomic E-state index is 0.0707. The first-order chi connectivity index (χ1) is 40.0. The summed E-state index contributed by atoms with van der Waals surface area (Å²) in [6.45, 7) is 11.0. The number of allylic oxidation sites excluding steroid dienone is 2. The number of rotatable bonds is 35. The SMILES string of the molecule is C#CCOCCOCCOCC(COCCOCCOCCN1Cc2ccccc2C2C(N=NN2C)c2ccccc21)OCCOCCOCCOc1ccc(C2=NNC(C)=C3CCC(Oc4ccc(N=C=S)cc4)CCCC23)cc1. The molecule has 1 fully saturated rings. The lowest BCUT2D eigenvalue weighted by Crippen LogP contribution is -2.32. The Morgan fingerprint density at radius 1 is 0.691 bits per heavy atom. The van der Waals surface area contributed by atoms with E-state index in [2.05, 4.69) is 99.2 Å². The molecule has 0 amide bonds. The van der Waals surface area contributed by atoms with Gasteiger partial charge in [0, 0.05) is 43.0 Å². The van der Waals surface area contributed by atoms with E-state index in [1.165, 1.54) is 22.3 Å². The standard InChI is InChI=1S/C62H79N7O11S/c1-4-27-70-29-31-72-35-37-76-44-54(45-77-38-36-73-32-30-71-28-26-69-43-49-10-5-6-12-56(49)62-61(66-67-68(62)3)58-13-7-8-15-59(58)69)79-42-40-75-34-33-74-39-41-78-51-20-16-48(17-21-51)60-57-14-9-11-52(24-25-55(57)47(2)64-65-60)80-53-22-18-50(19-23-53)63-46-81/h1,5-8,10,12-13,15-23,52,54,57,61-62,64H,9,11,14,24-45H2,2-3H3. The predicted octanol–water partition coefficient (Wildman–Crippen LogP) is 9.68. The number of likely N-dealkylation sites (N-methyl/N-ethyl adjacent to an activating group) is 1. The molecule has 0 aromatic heterocycles. The van der Waals surface area contributed by atoms with Crippen LogP contribution in [0.25, 0.3) is 0 Å². The highest BCUT2D eigenvalue weighted by atomic mass is 32.1. The molecule has 0 radical (unpaired) electrons. The van der Waals surface area contributed by atoms with Crippen molar-refractivity contribution in [1.82, 2.24) is 10.4 Å². The van der Waals surface area contributed by atoms with Gasteiger partial charge in [-0.15, -0.1) is 6.42 Å². The number of para-hydroxylation sites is 1. The van der Waals surface area contributed by atoms with Gasteiger partial charge in [0.25, 0.3) is 0 Å². The van der Waals surface area contributed by atoms with Crippen LogP contribution in [-0.4, -0.2) is 161 Å². The summed E-state index contributed by atoms with van der Waals surface area (Å²) in [5.41, 5.74) is 13.6. The van der Waals surface area contributed by atoms with Crippen molar-refractivity contribution in [2.24, 2.45) is 26.3 Å². The molecular weight excluding hydrogens is 1050 g/mol. The summed E-state index contributed by atoms with van der Waals surface area (Å²) < 4.78 is 64.7. The molecule has 3 heterocycles. The van der Waals surface area contributed by atoms with Crippen LogP contribution in [0.3, 0.4) is 0 Å². The minimum Gasteiger partial charge on any atom is -0.491 e. The second-order valence-electron chi connectivity index (χ2n) is 19.9. The summed E-state index contributed by atoms with van der Waals surface area (Å²) >= 11 is 4.73. The average Bonchev–Trinajstić information content (AvgIpc) is 3.93. The van der Waals surface area contributed by atoms with Crippen molar-refractivity contribution in [2.75, 3.05) is 137 Å². The first kappa shape index (κ1) is 61.0. The van der Waals surface area contributed by atoms with Gasteiger partial charge in [0.2, 0.25) is 0 Å². The van der Waals surface area contributed by atoms with E-state index in [0.29, 0.717) is 112 Å². The average molecular weight is 1130 g/mol. The number of nitrogens with one attached hydrogen (secondary N) is 1. The lowest BCUT2D eigenvalue weighted by atomic mass is 9.79. The molecule has 434 valence electrons. The summed E-state index contributed by atoms with van der Waals surface area (Å²) in [6.07, 6.45) is 9.96. The van der Waals surface area contributed by atoms with Crippen molar-refractivity contribution in [3.05, 3.63) is 131 Å². The zero-order chi connectivity index (χ0) is 56.1. The Morgan fingerprint density at radius 3 is 2.04 bits per heavy atom. The number of hydrogen-bond acceptors (Lipinski definition) is 19. The summed E-state index contributed by atoms with van der Waals surface area (Å²) in [6, 6.07) is 33.0. The van der Waals surface area contributed by atoms with Gasteiger partial charge in [-0.25, -0.2) is 0 Å². The first-order valence-corrected chi connectivity index (χ1v) is 28.7. The largest absolute Gasteiger partial charge is 0.491 e. The van der Waals surface area contributed by atoms with Gasteiger partial charge in [0.15, 0.2) is 0 Å². The van der Waals surface area contributed by atoms with Crippen LogP contribution in [0.5, 0.6) is 11.5 Å². The number of terminal acetylenes is 1. The van der Waals surface area contributed by atoms with Crippen molar-refractivity contribution in [3.63, 3.8) is 0 Å². The minimum atomic E-state index is -0.308. The van der Waals surface area contributed by atoms with Crippen LogP contribution in [0.4, 0.5) is 11.4 Å². The van der Waals surface area contributed by atoms with Gasteiger partial charge in [0.05, 0.1) is 128 Å². The molecule has 4 aromatic rings. The molecule has 4 aliphatic rings. The van der Waals surface area contributed by atoms with Crippen molar-refractivity contribution in [2.45, 2.75) is 69.9 Å². The van der Waals surface area contributed by atoms with Crippen LogP contribution in [0.1, 0.15) is 73.4 Å². The maximum absolute atomic E-state index is 6.40. The monoisotopic (exact) mass is 1130 g/mol. The van der Waals surface area contributed by atoms with E-state index >= 15 is 0 Å². The van der Waals surface area contributed by atoms with E-state index in [4.69, 9.17) is 81.0 Å². The second-order valence-corrected chi connectivity index (χ2v) is 20.1. The Morgan fingerprint density at radius 2 is 1.32 bits per heavy atom. The third-order valence-electron chi connectivity index (χ3n) is 14.4. The van der Waals surface area contributed by atoms with E-state index in [-0.39, 0.29) is 36.8 Å². The molecule has 5 unspecified atom stereocenters. The highest BCUT2D eigenvalue weighted by molar-refractivity contribution is 7.78. The molecule has 0 spiro atoms. The van der Waals surface area contributed by atoms with Gasteiger partial charge >= 0.3 is 0 Å². The molecule has 18 nitrogen and oxygen atoms in total. The molecule has 1 saturated carbocycles. The summed E-state index contributed by atoms with van der Waals surface area (Å²) in [7, 11) is 2.00. The first-order valence-electron chi connectivity index (χ1n) is 28.3. The fraction of sp³-hybridized carbons (Fsp3) is 0.516. The number of hydrazone groups is 1. The Kier molecular flexibility index (Phi) is 25.9. The lowest BCUT2D eigenvalue weighted by molar-refractivity contribution is -0.0867. The van der Waals surface area contributed by atoms with Gasteiger partial charge in [-0.2, -0.15) is 15.2 Å².